The molecule has 2 aliphatic heterocycles. The van der Waals surface area contributed by atoms with Crippen LogP contribution < -0.4 is 11.1 Å². The molecule has 4 rings (SSSR count). The summed E-state index contributed by atoms with van der Waals surface area (Å²) in [5.41, 5.74) is 10.3. The van der Waals surface area contributed by atoms with Gasteiger partial charge in [-0.1, -0.05) is 6.92 Å². The van der Waals surface area contributed by atoms with Crippen LogP contribution in [0.25, 0.3) is 0 Å². The van der Waals surface area contributed by atoms with Crippen LogP contribution >= 0.6 is 0 Å². The Balaban J connectivity index is 1.33. The predicted octanol–water partition coefficient (Wildman–Crippen LogP) is 2.32. The van der Waals surface area contributed by atoms with Crippen molar-refractivity contribution in [2.24, 2.45) is 16.6 Å². The first kappa shape index (κ1) is 27.7. The molecule has 3 N–H and O–H groups in total. The monoisotopic (exact) mass is 509 g/mol. The van der Waals surface area contributed by atoms with Crippen molar-refractivity contribution in [3.05, 3.63) is 41.4 Å². The number of likely N-dealkylation sites (tertiary alicyclic amines) is 1. The number of carbonyl (C=O) groups excluding carboxylic acids is 1. The number of nitrogens with zero attached hydrogens (tertiary/aromatic N) is 5. The van der Waals surface area contributed by atoms with Crippen LogP contribution in [0.4, 0.5) is 0 Å². The van der Waals surface area contributed by atoms with Gasteiger partial charge in [-0.2, -0.15) is 0 Å². The number of pyridine rings is 1. The van der Waals surface area contributed by atoms with Crippen LogP contribution in [0.5, 0.6) is 0 Å². The van der Waals surface area contributed by atoms with Gasteiger partial charge in [-0.05, 0) is 95.2 Å². The quantitative estimate of drug-likeness (QED) is 0.497. The maximum Gasteiger partial charge on any atom is 0.270 e. The molecule has 1 amide bonds. The molecule has 1 aromatic rings. The SMILES string of the molecule is CCCN=C1CCC(NCCc2ccncc2)C/C1=C(/N)C(=O)N1CCN(CC2CCN(C)CC2)CC1. The lowest BCUT2D eigenvalue weighted by Crippen LogP contribution is -2.51. The summed E-state index contributed by atoms with van der Waals surface area (Å²) < 4.78 is 0. The number of piperidine rings is 1. The van der Waals surface area contributed by atoms with Gasteiger partial charge in [0.1, 0.15) is 5.70 Å². The second-order valence-electron chi connectivity index (χ2n) is 11.1. The van der Waals surface area contributed by atoms with Gasteiger partial charge in [0.25, 0.3) is 5.91 Å². The highest BCUT2D eigenvalue weighted by Gasteiger charge is 2.30. The molecule has 0 bridgehead atoms. The maximum atomic E-state index is 13.5. The Hall–Kier alpha value is -2.29. The Bertz CT molecular complexity index is 915. The van der Waals surface area contributed by atoms with Gasteiger partial charge in [-0.15, -0.1) is 0 Å². The van der Waals surface area contributed by atoms with Crippen LogP contribution in [-0.4, -0.2) is 103 Å². The Morgan fingerprint density at radius 3 is 2.54 bits per heavy atom. The molecule has 2 saturated heterocycles. The topological polar surface area (TPSA) is 90.1 Å². The minimum Gasteiger partial charge on any atom is -0.394 e. The van der Waals surface area contributed by atoms with E-state index in [-0.39, 0.29) is 5.91 Å². The van der Waals surface area contributed by atoms with Gasteiger partial charge in [0.15, 0.2) is 0 Å². The number of aliphatic imine (C=N–C) groups is 1. The van der Waals surface area contributed by atoms with Crippen molar-refractivity contribution < 1.29 is 4.79 Å². The molecule has 8 heteroatoms. The molecule has 37 heavy (non-hydrogen) atoms. The van der Waals surface area contributed by atoms with Crippen molar-refractivity contribution in [1.29, 1.82) is 0 Å². The third-order valence-electron chi connectivity index (χ3n) is 8.22. The molecular weight excluding hydrogens is 462 g/mol. The van der Waals surface area contributed by atoms with Gasteiger partial charge in [0.2, 0.25) is 0 Å². The van der Waals surface area contributed by atoms with Gasteiger partial charge in [0.05, 0.1) is 0 Å². The van der Waals surface area contributed by atoms with Crippen LogP contribution in [0, 0.1) is 5.92 Å². The molecule has 3 fully saturated rings. The molecule has 1 saturated carbocycles. The number of amides is 1. The van der Waals surface area contributed by atoms with Gasteiger partial charge in [0, 0.05) is 69.0 Å². The maximum absolute atomic E-state index is 13.5. The zero-order valence-electron chi connectivity index (χ0n) is 23.0. The average Bonchev–Trinajstić information content (AvgIpc) is 2.93. The molecule has 0 spiro atoms. The van der Waals surface area contributed by atoms with Crippen LogP contribution in [0.2, 0.25) is 0 Å². The lowest BCUT2D eigenvalue weighted by Gasteiger charge is -2.38. The van der Waals surface area contributed by atoms with Gasteiger partial charge in [-0.3, -0.25) is 19.7 Å². The summed E-state index contributed by atoms with van der Waals surface area (Å²) >= 11 is 0. The van der Waals surface area contributed by atoms with Crippen molar-refractivity contribution in [2.75, 3.05) is 66.0 Å². The minimum absolute atomic E-state index is 0.00410. The van der Waals surface area contributed by atoms with E-state index in [1.165, 1.54) is 31.5 Å². The summed E-state index contributed by atoms with van der Waals surface area (Å²) in [6, 6.07) is 4.44. The number of aromatic nitrogens is 1. The minimum atomic E-state index is -0.00410. The van der Waals surface area contributed by atoms with E-state index in [4.69, 9.17) is 10.7 Å². The van der Waals surface area contributed by atoms with Crippen LogP contribution in [0.15, 0.2) is 40.8 Å². The zero-order valence-corrected chi connectivity index (χ0v) is 23.0. The fourth-order valence-electron chi connectivity index (χ4n) is 5.80. The Morgan fingerprint density at radius 1 is 1.11 bits per heavy atom. The summed E-state index contributed by atoms with van der Waals surface area (Å²) in [6.07, 6.45) is 10.9. The molecule has 0 radical (unpaired) electrons. The largest absolute Gasteiger partial charge is 0.394 e. The highest BCUT2D eigenvalue weighted by atomic mass is 16.2. The molecule has 1 aliphatic carbocycles. The number of carbonyl (C=O) groups is 1. The molecule has 3 heterocycles. The second-order valence-corrected chi connectivity index (χ2v) is 11.1. The summed E-state index contributed by atoms with van der Waals surface area (Å²) in [5, 5.41) is 3.70. The highest BCUT2D eigenvalue weighted by Crippen LogP contribution is 2.25. The van der Waals surface area contributed by atoms with Crippen LogP contribution in [-0.2, 0) is 11.2 Å². The lowest BCUT2D eigenvalue weighted by molar-refractivity contribution is -0.129. The number of hydrogen-bond acceptors (Lipinski definition) is 7. The van der Waals surface area contributed by atoms with Gasteiger partial charge >= 0.3 is 0 Å². The number of hydrogen-bond donors (Lipinski definition) is 2. The first-order valence-electron chi connectivity index (χ1n) is 14.4. The molecule has 1 aromatic heterocycles. The first-order chi connectivity index (χ1) is 18.0. The molecule has 3 aliphatic rings. The van der Waals surface area contributed by atoms with E-state index < -0.39 is 0 Å². The van der Waals surface area contributed by atoms with Crippen LogP contribution in [0.1, 0.15) is 51.0 Å². The summed E-state index contributed by atoms with van der Waals surface area (Å²) in [7, 11) is 2.21. The van der Waals surface area contributed by atoms with Gasteiger partial charge in [-0.25, -0.2) is 0 Å². The van der Waals surface area contributed by atoms with E-state index in [0.717, 1.165) is 95.1 Å². The Labute approximate surface area is 223 Å². The van der Waals surface area contributed by atoms with Crippen LogP contribution in [0.3, 0.4) is 0 Å². The van der Waals surface area contributed by atoms with Crippen molar-refractivity contribution in [3.8, 4) is 0 Å². The second kappa shape index (κ2) is 14.0. The molecule has 1 atom stereocenters. The summed E-state index contributed by atoms with van der Waals surface area (Å²) in [4.78, 5) is 29.4. The number of piperazine rings is 1. The zero-order chi connectivity index (χ0) is 26.0. The van der Waals surface area contributed by atoms with Crippen molar-refractivity contribution in [1.82, 2.24) is 25.0 Å². The number of rotatable bonds is 9. The third kappa shape index (κ3) is 8.09. The van der Waals surface area contributed by atoms with E-state index in [1.54, 1.807) is 0 Å². The molecule has 1 unspecified atom stereocenters. The van der Waals surface area contributed by atoms with E-state index in [1.807, 2.05) is 17.3 Å². The van der Waals surface area contributed by atoms with Crippen molar-refractivity contribution in [2.45, 2.75) is 57.9 Å². The van der Waals surface area contributed by atoms with E-state index >= 15 is 0 Å². The average molecular weight is 510 g/mol. The Kier molecular flexibility index (Phi) is 10.5. The van der Waals surface area contributed by atoms with Crippen molar-refractivity contribution >= 4 is 11.6 Å². The number of nitrogens with one attached hydrogen (secondary N) is 1. The molecular formula is C29H47N7O. The molecule has 8 nitrogen and oxygen atoms in total. The normalized spacial score (nSPS) is 25.0. The molecule has 204 valence electrons. The lowest BCUT2D eigenvalue weighted by atomic mass is 9.87. The smallest absolute Gasteiger partial charge is 0.270 e. The Morgan fingerprint density at radius 2 is 1.84 bits per heavy atom. The fraction of sp³-hybridized carbons (Fsp3) is 0.690. The fourth-order valence-corrected chi connectivity index (χ4v) is 5.80. The van der Waals surface area contributed by atoms with E-state index in [0.29, 0.717) is 11.7 Å². The number of nitrogens with two attached hydrogens (primary N) is 1. The highest BCUT2D eigenvalue weighted by molar-refractivity contribution is 6.08. The van der Waals surface area contributed by atoms with Crippen molar-refractivity contribution in [3.63, 3.8) is 0 Å². The van der Waals surface area contributed by atoms with Gasteiger partial charge < -0.3 is 20.9 Å². The third-order valence-corrected chi connectivity index (χ3v) is 8.22. The van der Waals surface area contributed by atoms with E-state index in [2.05, 4.69) is 46.2 Å². The summed E-state index contributed by atoms with van der Waals surface area (Å²) in [6.45, 7) is 10.8. The predicted molar refractivity (Wildman–Crippen MR) is 151 cm³/mol. The summed E-state index contributed by atoms with van der Waals surface area (Å²) in [5.74, 6) is 0.781. The van der Waals surface area contributed by atoms with E-state index in [9.17, 15) is 4.79 Å². The standard InChI is InChI=1S/C29H47N7O/c1-3-11-33-27-5-4-25(32-14-8-23-6-12-31-13-7-23)21-26(27)28(30)29(37)36-19-17-35(18-20-36)22-24-9-15-34(2)16-10-24/h6-7,12-13,24-25,32H,3-5,8-11,14-22,30H2,1-2H3/b28-26-,33-27?. The molecule has 0 aromatic carbocycles. The first-order valence-corrected chi connectivity index (χ1v) is 14.4.